The van der Waals surface area contributed by atoms with Gasteiger partial charge in [-0.3, -0.25) is 0 Å². The summed E-state index contributed by atoms with van der Waals surface area (Å²) in [6.45, 7) is 0. The van der Waals surface area contributed by atoms with Crippen LogP contribution >= 0.6 is 0 Å². The summed E-state index contributed by atoms with van der Waals surface area (Å²) in [4.78, 5) is 0. The molecular weight excluding hydrogens is 637 g/mol. The van der Waals surface area contributed by atoms with Crippen LogP contribution in [0, 0.1) is 0 Å². The van der Waals surface area contributed by atoms with Crippen molar-refractivity contribution >= 4 is 21.5 Å². The van der Waals surface area contributed by atoms with E-state index in [-0.39, 0.29) is 5.92 Å². The van der Waals surface area contributed by atoms with E-state index in [0.29, 0.717) is 0 Å². The van der Waals surface area contributed by atoms with Gasteiger partial charge in [-0.2, -0.15) is 0 Å². The minimum absolute atomic E-state index is 0.0530. The Morgan fingerprint density at radius 2 is 0.943 bits per heavy atom. The fourth-order valence-corrected chi connectivity index (χ4v) is 9.55. The van der Waals surface area contributed by atoms with Gasteiger partial charge in [0, 0.05) is 5.92 Å². The molecule has 0 N–H and O–H groups in total. The molecule has 1 atom stereocenters. The lowest BCUT2D eigenvalue weighted by molar-refractivity contribution is 0.990. The minimum Gasteiger partial charge on any atom is -0.0622 e. The molecule has 0 fully saturated rings. The zero-order chi connectivity index (χ0) is 34.9. The van der Waals surface area contributed by atoms with Crippen LogP contribution < -0.4 is 0 Å². The van der Waals surface area contributed by atoms with Crippen molar-refractivity contribution in [1.82, 2.24) is 0 Å². The van der Waals surface area contributed by atoms with Crippen LogP contribution in [-0.4, -0.2) is 0 Å². The summed E-state index contributed by atoms with van der Waals surface area (Å²) in [5, 5.41) is 5.22. The lowest BCUT2D eigenvalue weighted by Crippen LogP contribution is -2.06. The Balaban J connectivity index is 1.15. The third-order valence-electron chi connectivity index (χ3n) is 11.9. The Morgan fingerprint density at radius 1 is 0.340 bits per heavy atom. The molecule has 248 valence electrons. The Kier molecular flexibility index (Phi) is 6.85. The molecule has 0 bridgehead atoms. The Bertz CT molecular complexity index is 2870. The molecule has 0 aliphatic heterocycles. The predicted octanol–water partition coefficient (Wildman–Crippen LogP) is 13.6. The summed E-state index contributed by atoms with van der Waals surface area (Å²) in [5.74, 6) is 0.0530. The standard InChI is InChI=1S/C53H36/c1-2-13-34(14-3-1)35-27-29-37(30-28-35)51(45-24-10-18-36-15-4-7-20-41(36)45)47-26-11-19-40-33-50-49(52(40)47)32-39-17-6-9-22-43(39)53(50)46-25-12-23-44-42-21-8-5-16-38(42)31-48(44)46/h1-30,32,51H,31,33H2. The maximum atomic E-state index is 2.49. The first-order chi connectivity index (χ1) is 26.3. The number of hydrogen-bond acceptors (Lipinski definition) is 0. The summed E-state index contributed by atoms with van der Waals surface area (Å²) in [6, 6.07) is 70.3. The minimum atomic E-state index is 0.0530. The molecule has 2 aliphatic carbocycles. The molecule has 0 spiro atoms. The van der Waals surface area contributed by atoms with Gasteiger partial charge in [-0.1, -0.05) is 182 Å². The summed E-state index contributed by atoms with van der Waals surface area (Å²) in [5.41, 5.74) is 20.6. The molecule has 53 heavy (non-hydrogen) atoms. The fourth-order valence-electron chi connectivity index (χ4n) is 9.55. The second kappa shape index (κ2) is 12.0. The van der Waals surface area contributed by atoms with Crippen LogP contribution in [0.4, 0.5) is 0 Å². The third-order valence-corrected chi connectivity index (χ3v) is 11.9. The van der Waals surface area contributed by atoms with Crippen LogP contribution in [0.2, 0.25) is 0 Å². The molecule has 0 amide bonds. The van der Waals surface area contributed by atoms with Gasteiger partial charge in [0.15, 0.2) is 0 Å². The number of hydrogen-bond donors (Lipinski definition) is 0. The molecule has 2 aliphatic rings. The van der Waals surface area contributed by atoms with Crippen LogP contribution in [0.3, 0.4) is 0 Å². The molecule has 0 heterocycles. The molecule has 0 saturated carbocycles. The van der Waals surface area contributed by atoms with Gasteiger partial charge in [0.1, 0.15) is 0 Å². The topological polar surface area (TPSA) is 0 Å². The zero-order valence-corrected chi connectivity index (χ0v) is 29.4. The second-order valence-electron chi connectivity index (χ2n) is 14.7. The van der Waals surface area contributed by atoms with E-state index in [4.69, 9.17) is 0 Å². The number of benzene rings is 9. The molecular formula is C53H36. The average molecular weight is 673 g/mol. The molecule has 0 heteroatoms. The Hall–Kier alpha value is -6.50. The lowest BCUT2D eigenvalue weighted by Gasteiger charge is -2.24. The average Bonchev–Trinajstić information content (AvgIpc) is 3.80. The third kappa shape index (κ3) is 4.76. The molecule has 0 saturated heterocycles. The molecule has 0 nitrogen and oxygen atoms in total. The van der Waals surface area contributed by atoms with E-state index in [2.05, 4.69) is 188 Å². The van der Waals surface area contributed by atoms with Gasteiger partial charge < -0.3 is 0 Å². The quantitative estimate of drug-likeness (QED) is 0.160. The Morgan fingerprint density at radius 3 is 1.83 bits per heavy atom. The highest BCUT2D eigenvalue weighted by atomic mass is 14.3. The van der Waals surface area contributed by atoms with Crippen molar-refractivity contribution in [2.45, 2.75) is 18.8 Å². The van der Waals surface area contributed by atoms with Gasteiger partial charge in [0.2, 0.25) is 0 Å². The highest BCUT2D eigenvalue weighted by Gasteiger charge is 2.32. The van der Waals surface area contributed by atoms with Gasteiger partial charge >= 0.3 is 0 Å². The first-order valence-corrected chi connectivity index (χ1v) is 18.8. The summed E-state index contributed by atoms with van der Waals surface area (Å²) >= 11 is 0. The van der Waals surface area contributed by atoms with Gasteiger partial charge in [0.05, 0.1) is 0 Å². The van der Waals surface area contributed by atoms with Crippen molar-refractivity contribution < 1.29 is 0 Å². The monoisotopic (exact) mass is 672 g/mol. The molecule has 9 aromatic carbocycles. The van der Waals surface area contributed by atoms with Crippen LogP contribution in [0.5, 0.6) is 0 Å². The molecule has 11 rings (SSSR count). The number of fused-ring (bicyclic) bond motifs is 8. The fraction of sp³-hybridized carbons (Fsp3) is 0.0566. The smallest absolute Gasteiger partial charge is 0.0352 e. The lowest BCUT2D eigenvalue weighted by atomic mass is 9.79. The molecule has 0 radical (unpaired) electrons. The van der Waals surface area contributed by atoms with E-state index in [0.717, 1.165) is 12.8 Å². The van der Waals surface area contributed by atoms with E-state index >= 15 is 0 Å². The largest absolute Gasteiger partial charge is 0.0622 e. The molecule has 1 unspecified atom stereocenters. The second-order valence-corrected chi connectivity index (χ2v) is 14.7. The normalized spacial score (nSPS) is 13.1. The van der Waals surface area contributed by atoms with Gasteiger partial charge in [-0.05, 0) is 124 Å². The molecule has 0 aromatic heterocycles. The first kappa shape index (κ1) is 30.2. The van der Waals surface area contributed by atoms with Gasteiger partial charge in [0.25, 0.3) is 0 Å². The predicted molar refractivity (Wildman–Crippen MR) is 223 cm³/mol. The van der Waals surface area contributed by atoms with Crippen molar-refractivity contribution in [3.8, 4) is 44.5 Å². The van der Waals surface area contributed by atoms with Crippen LogP contribution in [0.15, 0.2) is 188 Å². The highest BCUT2D eigenvalue weighted by molar-refractivity contribution is 6.06. The summed E-state index contributed by atoms with van der Waals surface area (Å²) < 4.78 is 0. The van der Waals surface area contributed by atoms with Crippen molar-refractivity contribution in [1.29, 1.82) is 0 Å². The van der Waals surface area contributed by atoms with Crippen molar-refractivity contribution in [3.63, 3.8) is 0 Å². The van der Waals surface area contributed by atoms with E-state index in [1.165, 1.54) is 105 Å². The summed E-state index contributed by atoms with van der Waals surface area (Å²) in [7, 11) is 0. The van der Waals surface area contributed by atoms with Gasteiger partial charge in [-0.25, -0.2) is 0 Å². The zero-order valence-electron chi connectivity index (χ0n) is 29.4. The van der Waals surface area contributed by atoms with Crippen LogP contribution in [0.1, 0.15) is 44.9 Å². The van der Waals surface area contributed by atoms with Crippen LogP contribution in [-0.2, 0) is 12.8 Å². The maximum absolute atomic E-state index is 2.49. The van der Waals surface area contributed by atoms with E-state index in [1.54, 1.807) is 0 Å². The SMILES string of the molecule is c1ccc(-c2ccc(C(c3cccc4c3-c3cc5ccccc5c(-c5cccc6c5Cc5ccccc5-6)c3C4)c3cccc4ccccc34)cc2)cc1. The number of rotatable bonds is 5. The Labute approximate surface area is 310 Å². The first-order valence-electron chi connectivity index (χ1n) is 18.8. The highest BCUT2D eigenvalue weighted by Crippen LogP contribution is 2.52. The van der Waals surface area contributed by atoms with Crippen molar-refractivity contribution in [3.05, 3.63) is 227 Å². The van der Waals surface area contributed by atoms with E-state index < -0.39 is 0 Å². The van der Waals surface area contributed by atoms with Crippen LogP contribution in [0.25, 0.3) is 66.1 Å². The van der Waals surface area contributed by atoms with Crippen molar-refractivity contribution in [2.75, 3.05) is 0 Å². The summed E-state index contributed by atoms with van der Waals surface area (Å²) in [6.07, 6.45) is 1.89. The van der Waals surface area contributed by atoms with Crippen molar-refractivity contribution in [2.24, 2.45) is 0 Å². The molecule has 9 aromatic rings. The van der Waals surface area contributed by atoms with Gasteiger partial charge in [-0.15, -0.1) is 0 Å². The van der Waals surface area contributed by atoms with E-state index in [1.807, 2.05) is 0 Å². The van der Waals surface area contributed by atoms with E-state index in [9.17, 15) is 0 Å². The maximum Gasteiger partial charge on any atom is 0.0352 e.